The van der Waals surface area contributed by atoms with Gasteiger partial charge in [0.1, 0.15) is 0 Å². The Kier molecular flexibility index (Phi) is 2.71. The Morgan fingerprint density at radius 1 is 1.75 bits per heavy atom. The van der Waals surface area contributed by atoms with E-state index in [-0.39, 0.29) is 5.92 Å². The maximum atomic E-state index is 8.30. The number of rotatable bonds is 1. The first kappa shape index (κ1) is 7.03. The molecule has 0 fully saturated rings. The van der Waals surface area contributed by atoms with Gasteiger partial charge in [0.2, 0.25) is 0 Å². The van der Waals surface area contributed by atoms with Crippen molar-refractivity contribution in [3.63, 3.8) is 0 Å². The van der Waals surface area contributed by atoms with Crippen LogP contribution in [0.2, 0.25) is 0 Å². The summed E-state index contributed by atoms with van der Waals surface area (Å²) in [6.45, 7) is 3.86. The summed E-state index contributed by atoms with van der Waals surface area (Å²) < 4.78 is 0. The molecule has 0 amide bonds. The molecule has 0 radical (unpaired) electrons. The van der Waals surface area contributed by atoms with Crippen molar-refractivity contribution in [2.24, 2.45) is 11.7 Å². The van der Waals surface area contributed by atoms with Gasteiger partial charge in [-0.2, -0.15) is 5.26 Å². The van der Waals surface area contributed by atoms with E-state index in [9.17, 15) is 0 Å². The molecule has 0 aliphatic heterocycles. The molecule has 0 spiro atoms. The predicted octanol–water partition coefficient (Wildman–Crippen LogP) is 1.01. The molecule has 0 rings (SSSR count). The molecule has 0 aromatic rings. The lowest BCUT2D eigenvalue weighted by Gasteiger charge is -1.96. The van der Waals surface area contributed by atoms with Crippen LogP contribution in [0.5, 0.6) is 0 Å². The predicted molar refractivity (Wildman–Crippen MR) is 32.7 cm³/mol. The van der Waals surface area contributed by atoms with E-state index in [0.29, 0.717) is 5.57 Å². The highest BCUT2D eigenvalue weighted by Gasteiger charge is 1.97. The van der Waals surface area contributed by atoms with Crippen molar-refractivity contribution < 1.29 is 0 Å². The van der Waals surface area contributed by atoms with Crippen molar-refractivity contribution in [1.82, 2.24) is 0 Å². The van der Waals surface area contributed by atoms with Crippen LogP contribution in [0.4, 0.5) is 0 Å². The molecule has 0 aliphatic carbocycles. The minimum absolute atomic E-state index is 0.255. The van der Waals surface area contributed by atoms with E-state index in [2.05, 4.69) is 0 Å². The van der Waals surface area contributed by atoms with Crippen LogP contribution in [-0.2, 0) is 0 Å². The van der Waals surface area contributed by atoms with Crippen molar-refractivity contribution in [3.8, 4) is 6.07 Å². The normalized spacial score (nSPS) is 11.5. The van der Waals surface area contributed by atoms with Crippen LogP contribution in [0.15, 0.2) is 11.8 Å². The fourth-order valence-electron chi connectivity index (χ4n) is 0.359. The van der Waals surface area contributed by atoms with Crippen LogP contribution in [-0.4, -0.2) is 0 Å². The molecule has 0 saturated heterocycles. The Morgan fingerprint density at radius 2 is 2.25 bits per heavy atom. The first-order valence-electron chi connectivity index (χ1n) is 2.54. The lowest BCUT2D eigenvalue weighted by molar-refractivity contribution is 0.792. The standard InChI is InChI=1S/C6H10N2/c1-5(2)6(3-7)4-8/h3,5H,7H2,1-2H3/b6-3+. The number of nitrogens with zero attached hydrogens (tertiary/aromatic N) is 1. The number of allylic oxidation sites excluding steroid dienone is 1. The second-order valence-electron chi connectivity index (χ2n) is 1.89. The number of hydrogen-bond donors (Lipinski definition) is 1. The molecule has 0 aromatic carbocycles. The highest BCUT2D eigenvalue weighted by atomic mass is 14.5. The monoisotopic (exact) mass is 110 g/mol. The molecule has 0 unspecified atom stereocenters. The molecule has 44 valence electrons. The Balaban J connectivity index is 3.98. The lowest BCUT2D eigenvalue weighted by Crippen LogP contribution is -1.94. The average molecular weight is 110 g/mol. The minimum Gasteiger partial charge on any atom is -0.404 e. The summed E-state index contributed by atoms with van der Waals surface area (Å²) in [6, 6.07) is 1.99. The first-order valence-corrected chi connectivity index (χ1v) is 2.54. The van der Waals surface area contributed by atoms with E-state index in [1.807, 2.05) is 19.9 Å². The van der Waals surface area contributed by atoms with Crippen molar-refractivity contribution in [3.05, 3.63) is 11.8 Å². The molecular formula is C6H10N2. The summed E-state index contributed by atoms with van der Waals surface area (Å²) >= 11 is 0. The van der Waals surface area contributed by atoms with Gasteiger partial charge in [0.15, 0.2) is 0 Å². The first-order chi connectivity index (χ1) is 3.72. The molecule has 0 aromatic heterocycles. The molecule has 0 atom stereocenters. The molecule has 2 nitrogen and oxygen atoms in total. The lowest BCUT2D eigenvalue weighted by atomic mass is 10.1. The Hall–Kier alpha value is -0.970. The van der Waals surface area contributed by atoms with E-state index in [4.69, 9.17) is 11.0 Å². The van der Waals surface area contributed by atoms with Gasteiger partial charge in [-0.3, -0.25) is 0 Å². The van der Waals surface area contributed by atoms with Crippen molar-refractivity contribution in [2.75, 3.05) is 0 Å². The third-order valence-electron chi connectivity index (χ3n) is 0.931. The van der Waals surface area contributed by atoms with E-state index in [1.54, 1.807) is 0 Å². The van der Waals surface area contributed by atoms with Crippen LogP contribution in [0.1, 0.15) is 13.8 Å². The largest absolute Gasteiger partial charge is 0.404 e. The summed E-state index contributed by atoms with van der Waals surface area (Å²) in [4.78, 5) is 0. The van der Waals surface area contributed by atoms with Gasteiger partial charge >= 0.3 is 0 Å². The highest BCUT2D eigenvalue weighted by molar-refractivity contribution is 5.20. The average Bonchev–Trinajstić information content (AvgIpc) is 1.69. The van der Waals surface area contributed by atoms with Crippen LogP contribution in [0.3, 0.4) is 0 Å². The van der Waals surface area contributed by atoms with Gasteiger partial charge in [-0.25, -0.2) is 0 Å². The molecule has 0 saturated carbocycles. The maximum Gasteiger partial charge on any atom is 0.0964 e. The van der Waals surface area contributed by atoms with E-state index in [0.717, 1.165) is 0 Å². The second kappa shape index (κ2) is 3.09. The molecule has 0 bridgehead atoms. The zero-order valence-electron chi connectivity index (χ0n) is 5.18. The fraction of sp³-hybridized carbons (Fsp3) is 0.500. The van der Waals surface area contributed by atoms with Crippen molar-refractivity contribution >= 4 is 0 Å². The zero-order chi connectivity index (χ0) is 6.57. The summed E-state index contributed by atoms with van der Waals surface area (Å²) in [5.41, 5.74) is 5.74. The zero-order valence-corrected chi connectivity index (χ0v) is 5.18. The Morgan fingerprint density at radius 3 is 2.25 bits per heavy atom. The van der Waals surface area contributed by atoms with E-state index >= 15 is 0 Å². The van der Waals surface area contributed by atoms with Gasteiger partial charge in [0.05, 0.1) is 6.07 Å². The van der Waals surface area contributed by atoms with Crippen LogP contribution in [0.25, 0.3) is 0 Å². The van der Waals surface area contributed by atoms with Gasteiger partial charge in [0.25, 0.3) is 0 Å². The molecule has 0 aliphatic rings. The van der Waals surface area contributed by atoms with Gasteiger partial charge < -0.3 is 5.73 Å². The van der Waals surface area contributed by atoms with E-state index < -0.39 is 0 Å². The molecule has 8 heavy (non-hydrogen) atoms. The van der Waals surface area contributed by atoms with Gasteiger partial charge in [-0.05, 0) is 5.92 Å². The molecule has 2 heteroatoms. The smallest absolute Gasteiger partial charge is 0.0964 e. The minimum atomic E-state index is 0.255. The summed E-state index contributed by atoms with van der Waals surface area (Å²) in [6.07, 6.45) is 1.35. The van der Waals surface area contributed by atoms with Crippen LogP contribution < -0.4 is 5.73 Å². The number of hydrogen-bond acceptors (Lipinski definition) is 2. The number of nitriles is 1. The topological polar surface area (TPSA) is 49.8 Å². The number of nitrogens with two attached hydrogens (primary N) is 1. The Labute approximate surface area is 49.6 Å². The van der Waals surface area contributed by atoms with Crippen molar-refractivity contribution in [2.45, 2.75) is 13.8 Å². The van der Waals surface area contributed by atoms with E-state index in [1.165, 1.54) is 6.20 Å². The summed E-state index contributed by atoms with van der Waals surface area (Å²) in [7, 11) is 0. The third kappa shape index (κ3) is 1.65. The summed E-state index contributed by atoms with van der Waals surface area (Å²) in [5, 5.41) is 8.30. The van der Waals surface area contributed by atoms with Crippen molar-refractivity contribution in [1.29, 1.82) is 5.26 Å². The highest BCUT2D eigenvalue weighted by Crippen LogP contribution is 2.04. The fourth-order valence-corrected chi connectivity index (χ4v) is 0.359. The van der Waals surface area contributed by atoms with Gasteiger partial charge in [0, 0.05) is 11.8 Å². The van der Waals surface area contributed by atoms with Crippen LogP contribution in [0, 0.1) is 17.2 Å². The quantitative estimate of drug-likeness (QED) is 0.512. The maximum absolute atomic E-state index is 8.30. The molecular weight excluding hydrogens is 100 g/mol. The molecule has 2 N–H and O–H groups in total. The van der Waals surface area contributed by atoms with Crippen LogP contribution >= 0.6 is 0 Å². The van der Waals surface area contributed by atoms with Gasteiger partial charge in [-0.15, -0.1) is 0 Å². The van der Waals surface area contributed by atoms with Gasteiger partial charge in [-0.1, -0.05) is 13.8 Å². The summed E-state index contributed by atoms with van der Waals surface area (Å²) in [5.74, 6) is 0.255. The SMILES string of the molecule is CC(C)/C(C#N)=C/N. The third-order valence-corrected chi connectivity index (χ3v) is 0.931. The molecule has 0 heterocycles. The second-order valence-corrected chi connectivity index (χ2v) is 1.89. The Bertz CT molecular complexity index is 128.